The monoisotopic (exact) mass is 220 g/mol. The molecule has 2 unspecified atom stereocenters. The Labute approximate surface area is 86.5 Å². The van der Waals surface area contributed by atoms with Crippen LogP contribution in [-0.2, 0) is 0 Å². The number of alkyl halides is 2. The van der Waals surface area contributed by atoms with Crippen molar-refractivity contribution in [3.63, 3.8) is 0 Å². The molecule has 1 N–H and O–H groups in total. The van der Waals surface area contributed by atoms with Crippen LogP contribution in [0.5, 0.6) is 0 Å². The first-order valence-corrected chi connectivity index (χ1v) is 5.04. The normalized spacial score (nSPS) is 31.3. The van der Waals surface area contributed by atoms with Crippen molar-refractivity contribution in [2.24, 2.45) is 11.8 Å². The molecule has 4 nitrogen and oxygen atoms in total. The van der Waals surface area contributed by atoms with Gasteiger partial charge >= 0.3 is 6.09 Å². The van der Waals surface area contributed by atoms with Crippen LogP contribution >= 0.6 is 0 Å². The summed E-state index contributed by atoms with van der Waals surface area (Å²) >= 11 is 0. The lowest BCUT2D eigenvalue weighted by atomic mass is 10.0. The van der Waals surface area contributed by atoms with Crippen molar-refractivity contribution in [1.29, 1.82) is 0 Å². The van der Waals surface area contributed by atoms with Crippen LogP contribution in [0.25, 0.3) is 0 Å². The van der Waals surface area contributed by atoms with E-state index in [4.69, 9.17) is 5.11 Å². The van der Waals surface area contributed by atoms with Crippen molar-refractivity contribution >= 4 is 6.09 Å². The highest BCUT2D eigenvalue weighted by Crippen LogP contribution is 2.31. The number of halogens is 2. The number of carbonyl (C=O) groups is 1. The minimum Gasteiger partial charge on any atom is -0.465 e. The van der Waals surface area contributed by atoms with E-state index >= 15 is 0 Å². The van der Waals surface area contributed by atoms with Gasteiger partial charge in [-0.1, -0.05) is 0 Å². The third-order valence-electron chi connectivity index (χ3n) is 3.23. The second kappa shape index (κ2) is 3.92. The van der Waals surface area contributed by atoms with E-state index in [1.54, 1.807) is 4.90 Å². The number of rotatable bonds is 2. The predicted molar refractivity (Wildman–Crippen MR) is 49.0 cm³/mol. The van der Waals surface area contributed by atoms with E-state index in [0.717, 1.165) is 0 Å². The van der Waals surface area contributed by atoms with Gasteiger partial charge in [0, 0.05) is 26.2 Å². The number of likely N-dealkylation sites (tertiary alicyclic amines) is 2. The summed E-state index contributed by atoms with van der Waals surface area (Å²) in [4.78, 5) is 13.8. The molecule has 2 fully saturated rings. The van der Waals surface area contributed by atoms with Crippen molar-refractivity contribution < 1.29 is 18.7 Å². The van der Waals surface area contributed by atoms with Crippen LogP contribution in [0, 0.1) is 11.8 Å². The Hall–Kier alpha value is -0.910. The van der Waals surface area contributed by atoms with Crippen molar-refractivity contribution in [1.82, 2.24) is 9.80 Å². The van der Waals surface area contributed by atoms with E-state index in [1.165, 1.54) is 4.90 Å². The lowest BCUT2D eigenvalue weighted by molar-refractivity contribution is 0.0926. The van der Waals surface area contributed by atoms with Crippen LogP contribution in [-0.4, -0.2) is 60.1 Å². The smallest absolute Gasteiger partial charge is 0.407 e. The molecule has 0 aromatic carbocycles. The number of amides is 1. The summed E-state index contributed by atoms with van der Waals surface area (Å²) in [7, 11) is 0. The van der Waals surface area contributed by atoms with Crippen molar-refractivity contribution in [3.8, 4) is 0 Å². The molecule has 0 aromatic heterocycles. The molecule has 0 aliphatic carbocycles. The average Bonchev–Trinajstić information content (AvgIpc) is 2.58. The molecule has 2 heterocycles. The maximum Gasteiger partial charge on any atom is 0.407 e. The Morgan fingerprint density at radius 1 is 1.27 bits per heavy atom. The molecule has 0 saturated carbocycles. The molecule has 2 saturated heterocycles. The van der Waals surface area contributed by atoms with Gasteiger partial charge in [-0.25, -0.2) is 13.6 Å². The third kappa shape index (κ3) is 2.19. The molecule has 86 valence electrons. The van der Waals surface area contributed by atoms with Gasteiger partial charge in [0.2, 0.25) is 0 Å². The number of nitrogens with zero attached hydrogens (tertiary/aromatic N) is 2. The summed E-state index contributed by atoms with van der Waals surface area (Å²) in [5.74, 6) is 0.500. The Bertz CT molecular complexity index is 248. The van der Waals surface area contributed by atoms with E-state index in [9.17, 15) is 13.6 Å². The van der Waals surface area contributed by atoms with Gasteiger partial charge in [0.15, 0.2) is 0 Å². The Morgan fingerprint density at radius 3 is 2.20 bits per heavy atom. The lowest BCUT2D eigenvalue weighted by Crippen LogP contribution is -2.33. The minimum atomic E-state index is -2.29. The highest BCUT2D eigenvalue weighted by molar-refractivity contribution is 5.65. The number of carboxylic acid groups (broad SMARTS) is 1. The fourth-order valence-electron chi connectivity index (χ4n) is 2.59. The maximum atomic E-state index is 12.1. The summed E-state index contributed by atoms with van der Waals surface area (Å²) in [6, 6.07) is 0. The zero-order chi connectivity index (χ0) is 11.0. The second-order valence-electron chi connectivity index (χ2n) is 4.32. The molecule has 2 aliphatic heterocycles. The standard InChI is InChI=1S/C9H14F2N2O2/c10-8(11)5-12-1-6-3-13(9(14)15)4-7(6)2-12/h6-8H,1-5H2,(H,14,15). The fourth-order valence-corrected chi connectivity index (χ4v) is 2.59. The third-order valence-corrected chi connectivity index (χ3v) is 3.23. The van der Waals surface area contributed by atoms with Gasteiger partial charge in [-0.15, -0.1) is 0 Å². The molecule has 0 spiro atoms. The van der Waals surface area contributed by atoms with Gasteiger partial charge in [0.05, 0.1) is 6.54 Å². The summed E-state index contributed by atoms with van der Waals surface area (Å²) in [6.45, 7) is 2.04. The van der Waals surface area contributed by atoms with Crippen molar-refractivity contribution in [2.45, 2.75) is 6.43 Å². The highest BCUT2D eigenvalue weighted by atomic mass is 19.3. The lowest BCUT2D eigenvalue weighted by Gasteiger charge is -2.19. The molecule has 1 amide bonds. The summed E-state index contributed by atoms with van der Waals surface area (Å²) in [5, 5.41) is 8.77. The van der Waals surface area contributed by atoms with E-state index in [1.807, 2.05) is 0 Å². The van der Waals surface area contributed by atoms with Gasteiger partial charge in [0.1, 0.15) is 0 Å². The topological polar surface area (TPSA) is 43.8 Å². The molecule has 2 aliphatic rings. The van der Waals surface area contributed by atoms with E-state index in [0.29, 0.717) is 26.2 Å². The molecule has 6 heteroatoms. The van der Waals surface area contributed by atoms with Gasteiger partial charge in [-0.2, -0.15) is 0 Å². The molecule has 0 radical (unpaired) electrons. The highest BCUT2D eigenvalue weighted by Gasteiger charge is 2.41. The summed E-state index contributed by atoms with van der Waals surface area (Å²) in [5.41, 5.74) is 0. The molecule has 0 aromatic rings. The predicted octanol–water partition coefficient (Wildman–Crippen LogP) is 0.793. The number of hydrogen-bond acceptors (Lipinski definition) is 2. The number of hydrogen-bond donors (Lipinski definition) is 1. The first-order valence-electron chi connectivity index (χ1n) is 5.04. The van der Waals surface area contributed by atoms with E-state index in [-0.39, 0.29) is 18.4 Å². The van der Waals surface area contributed by atoms with E-state index in [2.05, 4.69) is 0 Å². The molecule has 15 heavy (non-hydrogen) atoms. The number of fused-ring (bicyclic) bond motifs is 1. The first kappa shape index (κ1) is 10.6. The van der Waals surface area contributed by atoms with Crippen molar-refractivity contribution in [2.75, 3.05) is 32.7 Å². The van der Waals surface area contributed by atoms with Gasteiger partial charge < -0.3 is 10.0 Å². The largest absolute Gasteiger partial charge is 0.465 e. The zero-order valence-electron chi connectivity index (χ0n) is 8.27. The van der Waals surface area contributed by atoms with E-state index < -0.39 is 12.5 Å². The Kier molecular flexibility index (Phi) is 2.77. The van der Waals surface area contributed by atoms with Gasteiger partial charge in [-0.05, 0) is 11.8 Å². The fraction of sp³-hybridized carbons (Fsp3) is 0.889. The average molecular weight is 220 g/mol. The van der Waals surface area contributed by atoms with Crippen LogP contribution in [0.2, 0.25) is 0 Å². The molecular formula is C9H14F2N2O2. The van der Waals surface area contributed by atoms with Crippen molar-refractivity contribution in [3.05, 3.63) is 0 Å². The molecule has 0 bridgehead atoms. The van der Waals surface area contributed by atoms with Crippen LogP contribution in [0.4, 0.5) is 13.6 Å². The van der Waals surface area contributed by atoms with Crippen LogP contribution < -0.4 is 0 Å². The Balaban J connectivity index is 1.85. The molecule has 2 rings (SSSR count). The summed E-state index contributed by atoms with van der Waals surface area (Å²) in [6.07, 6.45) is -3.19. The first-order chi connectivity index (χ1) is 7.06. The van der Waals surface area contributed by atoms with Crippen LogP contribution in [0.15, 0.2) is 0 Å². The second-order valence-corrected chi connectivity index (χ2v) is 4.32. The quantitative estimate of drug-likeness (QED) is 0.748. The summed E-state index contributed by atoms with van der Waals surface area (Å²) < 4.78 is 24.2. The van der Waals surface area contributed by atoms with Gasteiger partial charge in [-0.3, -0.25) is 4.90 Å². The zero-order valence-corrected chi connectivity index (χ0v) is 8.27. The van der Waals surface area contributed by atoms with Crippen LogP contribution in [0.3, 0.4) is 0 Å². The molecule has 2 atom stereocenters. The SMILES string of the molecule is O=C(O)N1CC2CN(CC(F)F)CC2C1. The van der Waals surface area contributed by atoms with Gasteiger partial charge in [0.25, 0.3) is 6.43 Å². The Morgan fingerprint density at radius 2 is 1.80 bits per heavy atom. The minimum absolute atomic E-state index is 0.180. The maximum absolute atomic E-state index is 12.1. The van der Waals surface area contributed by atoms with Crippen LogP contribution in [0.1, 0.15) is 0 Å². The molecular weight excluding hydrogens is 206 g/mol.